The van der Waals surface area contributed by atoms with Crippen LogP contribution in [0.15, 0.2) is 54.6 Å². The first-order valence-electron chi connectivity index (χ1n) is 7.22. The molecular weight excluding hydrogens is 372 g/mol. The van der Waals surface area contributed by atoms with Crippen LogP contribution in [0.1, 0.15) is 11.1 Å². The maximum atomic E-state index is 14.7. The SMILES string of the molecule is Oc1ccc(C2(c3ccccc3)C(F)(F)C(F)(F)C(F)(F)C2(F)F)cc1. The van der Waals surface area contributed by atoms with Crippen molar-refractivity contribution in [2.75, 3.05) is 0 Å². The van der Waals surface area contributed by atoms with Crippen molar-refractivity contribution >= 4 is 0 Å². The number of hydrogen-bond donors (Lipinski definition) is 1. The number of hydrogen-bond acceptors (Lipinski definition) is 1. The molecule has 0 bridgehead atoms. The molecule has 0 radical (unpaired) electrons. The molecule has 1 aliphatic rings. The Bertz CT molecular complexity index is 788. The maximum Gasteiger partial charge on any atom is 0.379 e. The topological polar surface area (TPSA) is 20.2 Å². The molecule has 0 aliphatic heterocycles. The first-order valence-corrected chi connectivity index (χ1v) is 7.22. The fourth-order valence-corrected chi connectivity index (χ4v) is 3.35. The lowest BCUT2D eigenvalue weighted by atomic mass is 9.68. The third-order valence-corrected chi connectivity index (χ3v) is 4.63. The minimum atomic E-state index is -6.32. The molecule has 1 N–H and O–H groups in total. The largest absolute Gasteiger partial charge is 0.508 e. The van der Waals surface area contributed by atoms with Gasteiger partial charge in [0.05, 0.1) is 0 Å². The summed E-state index contributed by atoms with van der Waals surface area (Å²) in [4.78, 5) is 0. The lowest BCUT2D eigenvalue weighted by Crippen LogP contribution is -2.56. The molecule has 2 aromatic carbocycles. The minimum Gasteiger partial charge on any atom is -0.508 e. The Kier molecular flexibility index (Phi) is 3.63. The molecular formula is C17H10F8O. The summed E-state index contributed by atoms with van der Waals surface area (Å²) in [5.41, 5.74) is -6.62. The van der Waals surface area contributed by atoms with Crippen LogP contribution in [-0.2, 0) is 5.41 Å². The molecule has 2 aromatic rings. The van der Waals surface area contributed by atoms with Crippen LogP contribution in [0.25, 0.3) is 0 Å². The highest BCUT2D eigenvalue weighted by atomic mass is 19.4. The van der Waals surface area contributed by atoms with Gasteiger partial charge in [0.1, 0.15) is 5.75 Å². The summed E-state index contributed by atoms with van der Waals surface area (Å²) in [6.07, 6.45) is 0. The Morgan fingerprint density at radius 1 is 0.500 bits per heavy atom. The van der Waals surface area contributed by atoms with Crippen molar-refractivity contribution in [1.82, 2.24) is 0 Å². The quantitative estimate of drug-likeness (QED) is 0.705. The summed E-state index contributed by atoms with van der Waals surface area (Å²) in [6, 6.07) is 6.91. The van der Waals surface area contributed by atoms with Gasteiger partial charge in [0, 0.05) is 0 Å². The van der Waals surface area contributed by atoms with Crippen molar-refractivity contribution in [1.29, 1.82) is 0 Å². The van der Waals surface area contributed by atoms with Crippen LogP contribution < -0.4 is 0 Å². The summed E-state index contributed by atoms with van der Waals surface area (Å²) < 4.78 is 115. The van der Waals surface area contributed by atoms with Crippen LogP contribution in [0.3, 0.4) is 0 Å². The van der Waals surface area contributed by atoms with E-state index in [1.807, 2.05) is 0 Å². The van der Waals surface area contributed by atoms with Gasteiger partial charge < -0.3 is 5.11 Å². The molecule has 1 nitrogen and oxygen atoms in total. The summed E-state index contributed by atoms with van der Waals surface area (Å²) in [7, 11) is 0. The minimum absolute atomic E-state index is 0.502. The predicted molar refractivity (Wildman–Crippen MR) is 75.1 cm³/mol. The Balaban J connectivity index is 2.51. The molecule has 0 aromatic heterocycles. The molecule has 1 aliphatic carbocycles. The molecule has 0 saturated heterocycles. The number of phenolic OH excluding ortho intramolecular Hbond substituents is 1. The number of aromatic hydroxyl groups is 1. The zero-order valence-corrected chi connectivity index (χ0v) is 12.7. The second-order valence-corrected chi connectivity index (χ2v) is 5.96. The van der Waals surface area contributed by atoms with Gasteiger partial charge in [-0.2, -0.15) is 35.1 Å². The molecule has 0 spiro atoms. The highest BCUT2D eigenvalue weighted by Crippen LogP contribution is 2.73. The van der Waals surface area contributed by atoms with E-state index in [4.69, 9.17) is 0 Å². The lowest BCUT2D eigenvalue weighted by molar-refractivity contribution is -0.303. The summed E-state index contributed by atoms with van der Waals surface area (Å²) in [5, 5.41) is 9.25. The smallest absolute Gasteiger partial charge is 0.379 e. The Morgan fingerprint density at radius 2 is 0.885 bits per heavy atom. The van der Waals surface area contributed by atoms with E-state index in [0.29, 0.717) is 36.4 Å². The van der Waals surface area contributed by atoms with Crippen LogP contribution in [0.4, 0.5) is 35.1 Å². The Hall–Kier alpha value is -2.32. The van der Waals surface area contributed by atoms with E-state index in [-0.39, 0.29) is 0 Å². The fourth-order valence-electron chi connectivity index (χ4n) is 3.35. The van der Waals surface area contributed by atoms with E-state index < -0.39 is 46.0 Å². The van der Waals surface area contributed by atoms with E-state index in [1.165, 1.54) is 6.07 Å². The van der Waals surface area contributed by atoms with Crippen LogP contribution in [0.2, 0.25) is 0 Å². The van der Waals surface area contributed by atoms with E-state index in [2.05, 4.69) is 0 Å². The highest BCUT2D eigenvalue weighted by Gasteiger charge is 2.99. The third kappa shape index (κ3) is 1.76. The van der Waals surface area contributed by atoms with Gasteiger partial charge in [-0.1, -0.05) is 42.5 Å². The number of alkyl halides is 8. The van der Waals surface area contributed by atoms with Gasteiger partial charge in [-0.15, -0.1) is 0 Å². The van der Waals surface area contributed by atoms with Crippen LogP contribution in [-0.4, -0.2) is 28.8 Å². The zero-order valence-electron chi connectivity index (χ0n) is 12.7. The highest BCUT2D eigenvalue weighted by molar-refractivity contribution is 5.52. The number of benzene rings is 2. The van der Waals surface area contributed by atoms with E-state index in [0.717, 1.165) is 12.1 Å². The summed E-state index contributed by atoms with van der Waals surface area (Å²) >= 11 is 0. The van der Waals surface area contributed by atoms with Crippen molar-refractivity contribution < 1.29 is 40.2 Å². The average molecular weight is 382 g/mol. The first-order chi connectivity index (χ1) is 11.9. The molecule has 26 heavy (non-hydrogen) atoms. The molecule has 3 rings (SSSR count). The second kappa shape index (κ2) is 5.11. The molecule has 0 amide bonds. The Morgan fingerprint density at radius 3 is 1.31 bits per heavy atom. The fraction of sp³-hybridized carbons (Fsp3) is 0.294. The molecule has 1 fully saturated rings. The average Bonchev–Trinajstić information content (AvgIpc) is 2.62. The van der Waals surface area contributed by atoms with Crippen LogP contribution >= 0.6 is 0 Å². The second-order valence-electron chi connectivity index (χ2n) is 5.96. The van der Waals surface area contributed by atoms with Gasteiger partial charge in [0.25, 0.3) is 0 Å². The van der Waals surface area contributed by atoms with Crippen LogP contribution in [0.5, 0.6) is 5.75 Å². The van der Waals surface area contributed by atoms with Gasteiger partial charge in [0.2, 0.25) is 0 Å². The van der Waals surface area contributed by atoms with Gasteiger partial charge in [0.15, 0.2) is 5.41 Å². The van der Waals surface area contributed by atoms with Crippen molar-refractivity contribution in [3.8, 4) is 5.75 Å². The van der Waals surface area contributed by atoms with Crippen molar-refractivity contribution in [2.45, 2.75) is 29.1 Å². The number of phenols is 1. The standard InChI is InChI=1S/C17H10F8O/c18-14(19)13(10-4-2-1-3-5-10,11-6-8-12(26)9-7-11)15(20,21)17(24,25)16(14,22)23/h1-9,26H. The van der Waals surface area contributed by atoms with Gasteiger partial charge in [-0.05, 0) is 23.3 Å². The third-order valence-electron chi connectivity index (χ3n) is 4.63. The lowest BCUT2D eigenvalue weighted by Gasteiger charge is -2.39. The monoisotopic (exact) mass is 382 g/mol. The van der Waals surface area contributed by atoms with Gasteiger partial charge in [-0.3, -0.25) is 0 Å². The maximum absolute atomic E-state index is 14.7. The van der Waals surface area contributed by atoms with E-state index in [1.54, 1.807) is 0 Å². The molecule has 0 heterocycles. The molecule has 140 valence electrons. The first kappa shape index (κ1) is 18.5. The summed E-state index contributed by atoms with van der Waals surface area (Å²) in [5.74, 6) is -24.9. The molecule has 9 heteroatoms. The van der Waals surface area contributed by atoms with Crippen molar-refractivity contribution in [2.24, 2.45) is 0 Å². The molecule has 0 atom stereocenters. The van der Waals surface area contributed by atoms with Crippen molar-refractivity contribution in [3.63, 3.8) is 0 Å². The number of halogens is 8. The normalized spacial score (nSPS) is 24.3. The van der Waals surface area contributed by atoms with Gasteiger partial charge in [-0.25, -0.2) is 0 Å². The zero-order chi connectivity index (χ0) is 19.6. The number of rotatable bonds is 2. The predicted octanol–water partition coefficient (Wildman–Crippen LogP) is 5.23. The Labute approximate surface area is 141 Å². The van der Waals surface area contributed by atoms with E-state index in [9.17, 15) is 40.2 Å². The van der Waals surface area contributed by atoms with Crippen molar-refractivity contribution in [3.05, 3.63) is 65.7 Å². The molecule has 1 saturated carbocycles. The van der Waals surface area contributed by atoms with E-state index >= 15 is 0 Å². The van der Waals surface area contributed by atoms with Gasteiger partial charge >= 0.3 is 23.7 Å². The summed E-state index contributed by atoms with van der Waals surface area (Å²) in [6.45, 7) is 0. The van der Waals surface area contributed by atoms with Crippen LogP contribution in [0, 0.1) is 0 Å². The molecule has 0 unspecified atom stereocenters.